The summed E-state index contributed by atoms with van der Waals surface area (Å²) < 4.78 is 38.6. The molecule has 0 aliphatic rings. The minimum Gasteiger partial charge on any atom is -0.171 e. The van der Waals surface area contributed by atoms with Crippen molar-refractivity contribution in [1.82, 2.24) is 0 Å². The highest BCUT2D eigenvalue weighted by Crippen LogP contribution is 2.49. The Bertz CT molecular complexity index is 2340. The Morgan fingerprint density at radius 1 is 0.326 bits per heavy atom. The van der Waals surface area contributed by atoms with Crippen molar-refractivity contribution in [2.75, 3.05) is 0 Å². The van der Waals surface area contributed by atoms with Crippen LogP contribution in [0.4, 0.5) is 13.2 Å². The molecule has 0 fully saturated rings. The van der Waals surface area contributed by atoms with E-state index in [1.54, 1.807) is 5.67 Å². The number of halogens is 3. The molecular formula is C71H141F3Si12. The summed E-state index contributed by atoms with van der Waals surface area (Å²) in [6, 6.07) is 29.8. The summed E-state index contributed by atoms with van der Waals surface area (Å²) in [6.45, 7) is 97.0. The van der Waals surface area contributed by atoms with Gasteiger partial charge >= 0.3 is 6.18 Å². The van der Waals surface area contributed by atoms with E-state index < -0.39 is 109 Å². The van der Waals surface area contributed by atoms with Gasteiger partial charge in [-0.3, -0.25) is 0 Å². The predicted octanol–water partition coefficient (Wildman–Crippen LogP) is 26.3. The summed E-state index contributed by atoms with van der Waals surface area (Å²) in [5, 5.41) is 0. The largest absolute Gasteiger partial charge is 0.389 e. The summed E-state index contributed by atoms with van der Waals surface area (Å²) >= 11 is 0. The average Bonchev–Trinajstić information content (AvgIpc) is 0.991. The van der Waals surface area contributed by atoms with Gasteiger partial charge in [-0.2, -0.15) is 13.2 Å². The third-order valence-electron chi connectivity index (χ3n) is 17.4. The van der Waals surface area contributed by atoms with Crippen LogP contribution in [-0.2, 0) is 5.41 Å². The van der Waals surface area contributed by atoms with E-state index in [2.05, 4.69) is 325 Å². The van der Waals surface area contributed by atoms with Gasteiger partial charge in [-0.15, -0.1) is 80.2 Å². The molecule has 0 radical (unpaired) electrons. The van der Waals surface area contributed by atoms with Crippen LogP contribution in [0.25, 0.3) is 0 Å². The second-order valence-electron chi connectivity index (χ2n) is 37.5. The average molecular weight is 1390 g/mol. The Morgan fingerprint density at radius 2 is 0.628 bits per heavy atom. The number of hydrogen-bond acceptors (Lipinski definition) is 0. The predicted molar refractivity (Wildman–Crippen MR) is 431 cm³/mol. The van der Waals surface area contributed by atoms with E-state index in [4.69, 9.17) is 0 Å². The van der Waals surface area contributed by atoms with E-state index in [-0.39, 0.29) is 17.3 Å². The fourth-order valence-corrected chi connectivity index (χ4v) is 88.2. The summed E-state index contributed by atoms with van der Waals surface area (Å²) in [4.78, 5) is 0. The maximum Gasteiger partial charge on any atom is 0.389 e. The van der Waals surface area contributed by atoms with Gasteiger partial charge in [0.25, 0.3) is 0 Å². The lowest BCUT2D eigenvalue weighted by molar-refractivity contribution is -0.139. The van der Waals surface area contributed by atoms with E-state index in [1.165, 1.54) is 58.0 Å². The highest BCUT2D eigenvalue weighted by molar-refractivity contribution is 7.05. The molecule has 2 rings (SSSR count). The van der Waals surface area contributed by atoms with Crippen molar-refractivity contribution in [3.05, 3.63) is 158 Å². The third kappa shape index (κ3) is 38.1. The van der Waals surface area contributed by atoms with Crippen molar-refractivity contribution in [1.29, 1.82) is 0 Å². The van der Waals surface area contributed by atoms with Crippen molar-refractivity contribution < 1.29 is 13.2 Å². The van der Waals surface area contributed by atoms with E-state index in [9.17, 15) is 13.2 Å². The lowest BCUT2D eigenvalue weighted by Crippen LogP contribution is -2.47. The molecule has 2 aromatic rings. The zero-order valence-corrected chi connectivity index (χ0v) is 74.1. The number of rotatable bonds is 33. The highest BCUT2D eigenvalue weighted by atomic mass is 28.4. The molecule has 0 saturated carbocycles. The molecule has 15 heteroatoms. The Morgan fingerprint density at radius 3 is 0.919 bits per heavy atom. The number of allylic oxidation sites excluding steroid dienone is 1. The minimum atomic E-state index is -4.07. The molecule has 0 heterocycles. The van der Waals surface area contributed by atoms with Crippen LogP contribution in [0.3, 0.4) is 0 Å². The van der Waals surface area contributed by atoms with Gasteiger partial charge in [0.15, 0.2) is 0 Å². The van der Waals surface area contributed by atoms with Crippen LogP contribution in [0.1, 0.15) is 37.8 Å². The number of alkyl halides is 3. The van der Waals surface area contributed by atoms with Crippen LogP contribution in [0.15, 0.2) is 147 Å². The summed E-state index contributed by atoms with van der Waals surface area (Å²) in [5.41, 5.74) is 23.5. The number of benzene rings is 2. The normalized spacial score (nSPS) is 15.1. The summed E-state index contributed by atoms with van der Waals surface area (Å²) in [6.07, 6.45) is -2.22. The van der Waals surface area contributed by atoms with E-state index in [0.717, 1.165) is 12.1 Å². The molecule has 0 amide bonds. The molecule has 2 unspecified atom stereocenters. The third-order valence-corrected chi connectivity index (χ3v) is 72.2. The second kappa shape index (κ2) is 33.7. The van der Waals surface area contributed by atoms with Crippen molar-refractivity contribution in [3.63, 3.8) is 0 Å². The van der Waals surface area contributed by atoms with E-state index in [0.29, 0.717) is 5.41 Å². The summed E-state index contributed by atoms with van der Waals surface area (Å²) in [7, 11) is -15.4. The number of hydrogen-bond donors (Lipinski definition) is 0. The fraction of sp³-hybridized carbons (Fsp3) is 0.634. The van der Waals surface area contributed by atoms with Crippen LogP contribution >= 0.6 is 0 Å². The minimum absolute atomic E-state index is 0.0633. The second-order valence-corrected chi connectivity index (χ2v) is 101. The molecule has 494 valence electrons. The first-order valence-corrected chi connectivity index (χ1v) is 73.5. The SMILES string of the molecule is C=CC(C)(C[Si](C)(C)C)C[Si](C)(C)C[Si](C)(C)C.C=C[Si](C)(C)CC(C)(CCC(F)(F)F)C[Si](C)(C)C[Si](C)(C)C=C.C=C[Si](C)(C)CC(C[Si](C)(C)C[Si](C)(C)C=C)(c1ccccc1)c1ccccc1.C=C[Si](C)(C)C[Si](C)(C)C[Si](C)(C)C=C. The molecule has 0 saturated heterocycles. The fourth-order valence-electron chi connectivity index (χ4n) is 16.2. The Kier molecular flexibility index (Phi) is 34.2. The van der Waals surface area contributed by atoms with Crippen LogP contribution in [0, 0.1) is 10.8 Å². The Labute approximate surface area is 547 Å². The topological polar surface area (TPSA) is 0 Å². The molecule has 2 aromatic carbocycles. The highest BCUT2D eigenvalue weighted by Gasteiger charge is 2.46. The van der Waals surface area contributed by atoms with Crippen molar-refractivity contribution >= 4 is 96.9 Å². The van der Waals surface area contributed by atoms with Gasteiger partial charge < -0.3 is 0 Å². The lowest BCUT2D eigenvalue weighted by Gasteiger charge is -2.45. The smallest absolute Gasteiger partial charge is 0.171 e. The van der Waals surface area contributed by atoms with Gasteiger partial charge in [-0.25, -0.2) is 0 Å². The standard InChI is InChI=1S/C26H40Si3.C18H37F3Si3.C15H36Si3.C12H28Si3/c1-9-27(3,4)21-26(24-17-13-11-14-18-24,25-19-15-12-16-20-25)22-29(7,8)23-28(5,6)10-2;1-10-22(4,5)14-17(3,12-13-18(19,20)21)15-24(8,9)16-23(6,7)11-2;1-11-15(2,12-16(3,4)5)13-18(9,10)14-17(6,7)8;1-9-13(3,4)11-15(7,8)12-14(5,6)10-2/h9-20H,1-2,21-23H2,3-8H3;10-11H,1-2,12-16H2,3-9H3;11H,1,12-14H2,2-10H3;9-10H,1-2,11-12H2,3-8H3. The molecule has 2 atom stereocenters. The molecule has 0 aromatic heterocycles. The lowest BCUT2D eigenvalue weighted by atomic mass is 9.77. The monoisotopic (exact) mass is 1390 g/mol. The zero-order chi connectivity index (χ0) is 68.4. The van der Waals surface area contributed by atoms with Crippen molar-refractivity contribution in [2.24, 2.45) is 10.8 Å². The Hall–Kier alpha value is -0.987. The quantitative estimate of drug-likeness (QED) is 0.0494. The van der Waals surface area contributed by atoms with Gasteiger partial charge in [0.1, 0.15) is 0 Å². The molecule has 0 N–H and O–H groups in total. The maximum atomic E-state index is 12.9. The molecular weight excluding hydrogens is 1250 g/mol. The molecule has 0 spiro atoms. The van der Waals surface area contributed by atoms with Gasteiger partial charge in [-0.05, 0) is 58.6 Å². The first-order valence-electron chi connectivity index (χ1n) is 32.8. The summed E-state index contributed by atoms with van der Waals surface area (Å²) in [5.74, 6) is 0. The molecule has 0 bridgehead atoms. The van der Waals surface area contributed by atoms with Crippen molar-refractivity contribution in [3.8, 4) is 0 Å². The first-order chi connectivity index (χ1) is 38.1. The van der Waals surface area contributed by atoms with Crippen LogP contribution in [0.2, 0.25) is 235 Å². The molecule has 86 heavy (non-hydrogen) atoms. The first kappa shape index (κ1) is 87.1. The van der Waals surface area contributed by atoms with Crippen molar-refractivity contribution in [2.45, 2.75) is 273 Å². The van der Waals surface area contributed by atoms with E-state index >= 15 is 0 Å². The molecule has 0 aliphatic carbocycles. The van der Waals surface area contributed by atoms with Crippen LogP contribution < -0.4 is 0 Å². The van der Waals surface area contributed by atoms with E-state index in [1.807, 2.05) is 5.70 Å². The van der Waals surface area contributed by atoms with Gasteiger partial charge in [0, 0.05) is 60.3 Å². The van der Waals surface area contributed by atoms with Gasteiger partial charge in [-0.1, -0.05) is 285 Å². The van der Waals surface area contributed by atoms with Gasteiger partial charge in [0.05, 0.1) is 48.4 Å². The van der Waals surface area contributed by atoms with Crippen LogP contribution in [-0.4, -0.2) is 103 Å². The molecule has 0 nitrogen and oxygen atoms in total. The molecule has 0 aliphatic heterocycles. The maximum absolute atomic E-state index is 12.9. The Balaban J connectivity index is 0. The van der Waals surface area contributed by atoms with Gasteiger partial charge in [0.2, 0.25) is 0 Å². The van der Waals surface area contributed by atoms with Crippen LogP contribution in [0.5, 0.6) is 0 Å². The zero-order valence-electron chi connectivity index (χ0n) is 62.1.